The molecule has 2 N–H and O–H groups in total. The zero-order valence-electron chi connectivity index (χ0n) is 11.6. The van der Waals surface area contributed by atoms with E-state index >= 15 is 0 Å². The van der Waals surface area contributed by atoms with E-state index in [1.807, 2.05) is 13.8 Å². The number of benzene rings is 1. The van der Waals surface area contributed by atoms with Crippen molar-refractivity contribution >= 4 is 5.91 Å². The number of nitrogens with one attached hydrogen (secondary N) is 2. The zero-order chi connectivity index (χ0) is 15.2. The first kappa shape index (κ1) is 16.5. The minimum absolute atomic E-state index is 0.0839. The molecule has 20 heavy (non-hydrogen) atoms. The van der Waals surface area contributed by atoms with Gasteiger partial charge >= 0.3 is 6.18 Å². The van der Waals surface area contributed by atoms with Crippen LogP contribution >= 0.6 is 0 Å². The molecule has 0 aliphatic carbocycles. The molecule has 3 nitrogen and oxygen atoms in total. The maximum Gasteiger partial charge on any atom is 0.416 e. The van der Waals surface area contributed by atoms with Crippen molar-refractivity contribution in [3.05, 3.63) is 35.4 Å². The summed E-state index contributed by atoms with van der Waals surface area (Å²) < 4.78 is 37.5. The molecule has 1 rings (SSSR count). The van der Waals surface area contributed by atoms with Crippen molar-refractivity contribution in [1.82, 2.24) is 10.6 Å². The van der Waals surface area contributed by atoms with Crippen molar-refractivity contribution in [2.75, 3.05) is 6.54 Å². The molecule has 0 aliphatic rings. The lowest BCUT2D eigenvalue weighted by atomic mass is 10.1. The molecule has 0 heterocycles. The maximum atomic E-state index is 12.5. The Morgan fingerprint density at radius 1 is 1.35 bits per heavy atom. The number of hydrogen-bond donors (Lipinski definition) is 2. The van der Waals surface area contributed by atoms with Gasteiger partial charge in [-0.2, -0.15) is 13.2 Å². The Hall–Kier alpha value is -1.56. The van der Waals surface area contributed by atoms with Crippen molar-refractivity contribution in [2.24, 2.45) is 0 Å². The number of carbonyl (C=O) groups excluding carboxylic acids is 1. The summed E-state index contributed by atoms with van der Waals surface area (Å²) >= 11 is 0. The lowest BCUT2D eigenvalue weighted by molar-refractivity contribution is -0.137. The minimum atomic E-state index is -4.34. The molecule has 0 radical (unpaired) electrons. The van der Waals surface area contributed by atoms with Gasteiger partial charge in [-0.1, -0.05) is 25.1 Å². The first-order valence-electron chi connectivity index (χ1n) is 6.49. The number of carbonyl (C=O) groups is 1. The Balaban J connectivity index is 2.45. The first-order valence-corrected chi connectivity index (χ1v) is 6.49. The Kier molecular flexibility index (Phi) is 6.01. The van der Waals surface area contributed by atoms with Gasteiger partial charge < -0.3 is 10.6 Å². The quantitative estimate of drug-likeness (QED) is 0.845. The van der Waals surface area contributed by atoms with Gasteiger partial charge in [0, 0.05) is 12.6 Å². The zero-order valence-corrected chi connectivity index (χ0v) is 11.6. The van der Waals surface area contributed by atoms with Crippen molar-refractivity contribution in [1.29, 1.82) is 0 Å². The summed E-state index contributed by atoms with van der Waals surface area (Å²) in [5, 5.41) is 5.60. The average Bonchev–Trinajstić information content (AvgIpc) is 2.38. The van der Waals surface area contributed by atoms with Gasteiger partial charge in [0.2, 0.25) is 5.91 Å². The highest BCUT2D eigenvalue weighted by atomic mass is 19.4. The van der Waals surface area contributed by atoms with Gasteiger partial charge in [-0.15, -0.1) is 0 Å². The molecule has 0 bridgehead atoms. The van der Waals surface area contributed by atoms with Gasteiger partial charge in [0.25, 0.3) is 0 Å². The summed E-state index contributed by atoms with van der Waals surface area (Å²) in [4.78, 5) is 11.5. The number of halogens is 3. The standard InChI is InChI=1S/C14H19F3N2O/c1-3-10(2)19-13(20)9-18-8-11-5-4-6-12(7-11)14(15,16)17/h4-7,10,18H,3,8-9H2,1-2H3,(H,19,20). The van der Waals surface area contributed by atoms with Crippen LogP contribution in [-0.2, 0) is 17.5 Å². The van der Waals surface area contributed by atoms with Crippen LogP contribution in [0.2, 0.25) is 0 Å². The Bertz CT molecular complexity index is 446. The van der Waals surface area contributed by atoms with Crippen molar-refractivity contribution < 1.29 is 18.0 Å². The molecule has 1 unspecified atom stereocenters. The summed E-state index contributed by atoms with van der Waals surface area (Å²) in [5.74, 6) is -0.161. The second kappa shape index (κ2) is 7.28. The van der Waals surface area contributed by atoms with E-state index in [0.717, 1.165) is 18.6 Å². The SMILES string of the molecule is CCC(C)NC(=O)CNCc1cccc(C(F)(F)F)c1. The highest BCUT2D eigenvalue weighted by Crippen LogP contribution is 2.29. The highest BCUT2D eigenvalue weighted by molar-refractivity contribution is 5.78. The van der Waals surface area contributed by atoms with Crippen molar-refractivity contribution in [3.8, 4) is 0 Å². The molecular formula is C14H19F3N2O. The molecule has 1 aromatic carbocycles. The van der Waals surface area contributed by atoms with Gasteiger partial charge in [-0.05, 0) is 25.0 Å². The number of alkyl halides is 3. The Labute approximate surface area is 116 Å². The normalized spacial score (nSPS) is 13.1. The summed E-state index contributed by atoms with van der Waals surface area (Å²) in [6.07, 6.45) is -3.51. The Morgan fingerprint density at radius 2 is 2.05 bits per heavy atom. The fourth-order valence-corrected chi connectivity index (χ4v) is 1.61. The van der Waals surface area contributed by atoms with Crippen LogP contribution in [0.15, 0.2) is 24.3 Å². The van der Waals surface area contributed by atoms with Crippen LogP contribution < -0.4 is 10.6 Å². The minimum Gasteiger partial charge on any atom is -0.353 e. The van der Waals surface area contributed by atoms with Crippen LogP contribution in [0.5, 0.6) is 0 Å². The summed E-state index contributed by atoms with van der Waals surface area (Å²) in [7, 11) is 0. The second-order valence-corrected chi connectivity index (χ2v) is 4.68. The van der Waals surface area contributed by atoms with Crippen LogP contribution in [0.3, 0.4) is 0 Å². The highest BCUT2D eigenvalue weighted by Gasteiger charge is 2.30. The monoisotopic (exact) mass is 288 g/mol. The third kappa shape index (κ3) is 5.61. The fraction of sp³-hybridized carbons (Fsp3) is 0.500. The molecule has 0 fully saturated rings. The van der Waals surface area contributed by atoms with Gasteiger partial charge in [-0.3, -0.25) is 4.79 Å². The fourth-order valence-electron chi connectivity index (χ4n) is 1.61. The van der Waals surface area contributed by atoms with Crippen molar-refractivity contribution in [3.63, 3.8) is 0 Å². The summed E-state index contributed by atoms with van der Waals surface area (Å²) in [5.41, 5.74) is -0.183. The maximum absolute atomic E-state index is 12.5. The molecule has 112 valence electrons. The second-order valence-electron chi connectivity index (χ2n) is 4.68. The smallest absolute Gasteiger partial charge is 0.353 e. The largest absolute Gasteiger partial charge is 0.416 e. The van der Waals surface area contributed by atoms with Crippen LogP contribution in [0.25, 0.3) is 0 Å². The molecule has 1 aromatic rings. The molecular weight excluding hydrogens is 269 g/mol. The predicted octanol–water partition coefficient (Wildman–Crippen LogP) is 2.71. The molecule has 0 spiro atoms. The van der Waals surface area contributed by atoms with Crippen LogP contribution in [-0.4, -0.2) is 18.5 Å². The number of rotatable bonds is 6. The van der Waals surface area contributed by atoms with E-state index in [1.165, 1.54) is 6.07 Å². The van der Waals surface area contributed by atoms with E-state index in [9.17, 15) is 18.0 Å². The Morgan fingerprint density at radius 3 is 2.65 bits per heavy atom. The van der Waals surface area contributed by atoms with Gasteiger partial charge in [-0.25, -0.2) is 0 Å². The third-order valence-corrected chi connectivity index (χ3v) is 2.89. The van der Waals surface area contributed by atoms with Crippen LogP contribution in [0, 0.1) is 0 Å². The van der Waals surface area contributed by atoms with Gasteiger partial charge in [0.1, 0.15) is 0 Å². The van der Waals surface area contributed by atoms with Gasteiger partial charge in [0.05, 0.1) is 12.1 Å². The lowest BCUT2D eigenvalue weighted by Gasteiger charge is -2.12. The predicted molar refractivity (Wildman–Crippen MR) is 71.0 cm³/mol. The van der Waals surface area contributed by atoms with E-state index in [0.29, 0.717) is 5.56 Å². The average molecular weight is 288 g/mol. The molecule has 0 saturated carbocycles. The van der Waals surface area contributed by atoms with E-state index in [1.54, 1.807) is 6.07 Å². The van der Waals surface area contributed by atoms with E-state index in [-0.39, 0.29) is 25.0 Å². The van der Waals surface area contributed by atoms with Crippen LogP contribution in [0.4, 0.5) is 13.2 Å². The lowest BCUT2D eigenvalue weighted by Crippen LogP contribution is -2.38. The van der Waals surface area contributed by atoms with E-state index in [4.69, 9.17) is 0 Å². The third-order valence-electron chi connectivity index (χ3n) is 2.89. The van der Waals surface area contributed by atoms with Crippen LogP contribution in [0.1, 0.15) is 31.4 Å². The number of amides is 1. The molecule has 0 aromatic heterocycles. The first-order chi connectivity index (χ1) is 9.32. The topological polar surface area (TPSA) is 41.1 Å². The molecule has 0 aliphatic heterocycles. The molecule has 0 saturated heterocycles. The summed E-state index contributed by atoms with van der Waals surface area (Å²) in [6, 6.07) is 5.16. The molecule has 6 heteroatoms. The van der Waals surface area contributed by atoms with E-state index < -0.39 is 11.7 Å². The van der Waals surface area contributed by atoms with Crippen molar-refractivity contribution in [2.45, 2.75) is 39.0 Å². The number of hydrogen-bond acceptors (Lipinski definition) is 2. The molecule has 1 atom stereocenters. The van der Waals surface area contributed by atoms with Gasteiger partial charge in [0.15, 0.2) is 0 Å². The summed E-state index contributed by atoms with van der Waals surface area (Å²) in [6.45, 7) is 4.16. The van der Waals surface area contributed by atoms with E-state index in [2.05, 4.69) is 10.6 Å². The molecule has 1 amide bonds.